The quantitative estimate of drug-likeness (QED) is 0.539. The van der Waals surface area contributed by atoms with Gasteiger partial charge in [-0.15, -0.1) is 21.8 Å². The standard InChI is InChI=1S/C11H8Cl2F3N5S.BrH/c12-7-1-5(11(14,15)16)2-8(13)9(7)21-19-3-6(20-21)4-22-10(17)18;/h1-3H,4H2,(H3,17,18);1H. The van der Waals surface area contributed by atoms with Crippen molar-refractivity contribution >= 4 is 57.1 Å². The predicted octanol–water partition coefficient (Wildman–Crippen LogP) is 4.30. The summed E-state index contributed by atoms with van der Waals surface area (Å²) in [6.07, 6.45) is -3.16. The van der Waals surface area contributed by atoms with Crippen LogP contribution in [0.1, 0.15) is 11.3 Å². The van der Waals surface area contributed by atoms with Crippen LogP contribution in [0.5, 0.6) is 0 Å². The van der Waals surface area contributed by atoms with Crippen molar-refractivity contribution in [1.82, 2.24) is 15.0 Å². The van der Waals surface area contributed by atoms with E-state index < -0.39 is 11.7 Å². The zero-order valence-electron chi connectivity index (χ0n) is 11.1. The lowest BCUT2D eigenvalue weighted by Crippen LogP contribution is -2.08. The van der Waals surface area contributed by atoms with Crippen molar-refractivity contribution in [3.05, 3.63) is 39.6 Å². The maximum atomic E-state index is 12.7. The molecule has 1 heterocycles. The summed E-state index contributed by atoms with van der Waals surface area (Å²) in [5.41, 5.74) is 4.78. The van der Waals surface area contributed by atoms with Crippen molar-refractivity contribution in [2.24, 2.45) is 5.73 Å². The third kappa shape index (κ3) is 5.00. The average molecular weight is 451 g/mol. The normalized spacial score (nSPS) is 11.2. The Bertz CT molecular complexity index is 699. The Balaban J connectivity index is 0.00000264. The first-order valence-electron chi connectivity index (χ1n) is 5.63. The number of nitrogens with two attached hydrogens (primary N) is 1. The molecule has 0 fully saturated rings. The summed E-state index contributed by atoms with van der Waals surface area (Å²) in [7, 11) is 0. The molecule has 0 bridgehead atoms. The molecule has 0 saturated carbocycles. The number of amidine groups is 1. The molecule has 2 rings (SSSR count). The van der Waals surface area contributed by atoms with E-state index in [1.165, 1.54) is 6.20 Å². The van der Waals surface area contributed by atoms with Crippen molar-refractivity contribution in [2.45, 2.75) is 11.9 Å². The smallest absolute Gasteiger partial charge is 0.379 e. The topological polar surface area (TPSA) is 80.6 Å². The van der Waals surface area contributed by atoms with E-state index in [-0.39, 0.29) is 37.9 Å². The Morgan fingerprint density at radius 2 is 1.87 bits per heavy atom. The fourth-order valence-corrected chi connectivity index (χ4v) is 2.61. The maximum absolute atomic E-state index is 12.7. The number of nitrogens with zero attached hydrogens (tertiary/aromatic N) is 3. The molecule has 0 atom stereocenters. The molecule has 0 unspecified atom stereocenters. The Kier molecular flexibility index (Phi) is 6.75. The Morgan fingerprint density at radius 1 is 1.30 bits per heavy atom. The second-order valence-corrected chi connectivity index (χ2v) is 5.90. The van der Waals surface area contributed by atoms with Crippen LogP contribution >= 0.6 is 51.9 Å². The molecule has 0 aliphatic heterocycles. The van der Waals surface area contributed by atoms with E-state index in [9.17, 15) is 13.2 Å². The number of alkyl halides is 3. The highest BCUT2D eigenvalue weighted by Crippen LogP contribution is 2.37. The van der Waals surface area contributed by atoms with Crippen LogP contribution in [0.4, 0.5) is 13.2 Å². The number of hydrogen-bond acceptors (Lipinski definition) is 4. The van der Waals surface area contributed by atoms with Crippen LogP contribution in [0.2, 0.25) is 10.0 Å². The predicted molar refractivity (Wildman–Crippen MR) is 89.9 cm³/mol. The van der Waals surface area contributed by atoms with Crippen molar-refractivity contribution in [1.29, 1.82) is 5.41 Å². The average Bonchev–Trinajstić information content (AvgIpc) is 2.83. The van der Waals surface area contributed by atoms with Crippen LogP contribution in [-0.4, -0.2) is 20.2 Å². The Hall–Kier alpha value is -0.970. The van der Waals surface area contributed by atoms with Gasteiger partial charge in [0.25, 0.3) is 0 Å². The van der Waals surface area contributed by atoms with Crippen LogP contribution in [0, 0.1) is 5.41 Å². The molecule has 0 aliphatic rings. The highest BCUT2D eigenvalue weighted by atomic mass is 79.9. The van der Waals surface area contributed by atoms with Gasteiger partial charge in [0.2, 0.25) is 0 Å². The van der Waals surface area contributed by atoms with Gasteiger partial charge in [-0.25, -0.2) is 0 Å². The number of halogens is 6. The summed E-state index contributed by atoms with van der Waals surface area (Å²) >= 11 is 12.8. The first-order chi connectivity index (χ1) is 10.2. The van der Waals surface area contributed by atoms with Gasteiger partial charge in [0.1, 0.15) is 5.69 Å². The summed E-state index contributed by atoms with van der Waals surface area (Å²) in [4.78, 5) is 1.04. The van der Waals surface area contributed by atoms with Gasteiger partial charge in [0.05, 0.1) is 27.5 Å². The summed E-state index contributed by atoms with van der Waals surface area (Å²) in [5, 5.41) is 14.5. The minimum Gasteiger partial charge on any atom is -0.379 e. The highest BCUT2D eigenvalue weighted by Gasteiger charge is 2.32. The molecule has 0 aliphatic carbocycles. The fraction of sp³-hybridized carbons (Fsp3) is 0.182. The van der Waals surface area contributed by atoms with Gasteiger partial charge >= 0.3 is 6.18 Å². The van der Waals surface area contributed by atoms with Gasteiger partial charge in [-0.3, -0.25) is 5.41 Å². The second-order valence-electron chi connectivity index (χ2n) is 4.06. The molecule has 0 spiro atoms. The number of aromatic nitrogens is 3. The van der Waals surface area contributed by atoms with Gasteiger partial charge in [-0.1, -0.05) is 35.0 Å². The van der Waals surface area contributed by atoms with Crippen LogP contribution in [0.3, 0.4) is 0 Å². The molecule has 23 heavy (non-hydrogen) atoms. The number of hydrogen-bond donors (Lipinski definition) is 2. The molecule has 0 radical (unpaired) electrons. The van der Waals surface area contributed by atoms with Crippen LogP contribution in [-0.2, 0) is 11.9 Å². The van der Waals surface area contributed by atoms with E-state index in [1.54, 1.807) is 0 Å². The SMILES string of the molecule is Br.N=C(N)SCc1cnn(-c2c(Cl)cc(C(F)(F)F)cc2Cl)n1. The third-order valence-corrected chi connectivity index (χ3v) is 3.79. The molecule has 5 nitrogen and oxygen atoms in total. The van der Waals surface area contributed by atoms with Gasteiger partial charge < -0.3 is 5.73 Å². The lowest BCUT2D eigenvalue weighted by molar-refractivity contribution is -0.137. The van der Waals surface area contributed by atoms with Crippen LogP contribution < -0.4 is 5.73 Å². The van der Waals surface area contributed by atoms with E-state index in [0.717, 1.165) is 28.7 Å². The molecule has 12 heteroatoms. The lowest BCUT2D eigenvalue weighted by Gasteiger charge is -2.11. The summed E-state index contributed by atoms with van der Waals surface area (Å²) in [6.45, 7) is 0. The largest absolute Gasteiger partial charge is 0.416 e. The van der Waals surface area contributed by atoms with E-state index in [1.807, 2.05) is 0 Å². The monoisotopic (exact) mass is 449 g/mol. The summed E-state index contributed by atoms with van der Waals surface area (Å²) in [6, 6.07) is 1.52. The first-order valence-corrected chi connectivity index (χ1v) is 7.37. The molecule has 2 aromatic rings. The molecule has 126 valence electrons. The number of rotatable bonds is 3. The zero-order valence-corrected chi connectivity index (χ0v) is 15.1. The highest BCUT2D eigenvalue weighted by molar-refractivity contribution is 8.93. The minimum atomic E-state index is -4.55. The first kappa shape index (κ1) is 20.1. The molecule has 3 N–H and O–H groups in total. The number of nitrogens with one attached hydrogen (secondary N) is 1. The molecule has 1 aromatic carbocycles. The number of benzene rings is 1. The van der Waals surface area contributed by atoms with Crippen molar-refractivity contribution in [2.75, 3.05) is 0 Å². The second kappa shape index (κ2) is 7.73. The van der Waals surface area contributed by atoms with Crippen molar-refractivity contribution in [3.63, 3.8) is 0 Å². The van der Waals surface area contributed by atoms with E-state index in [0.29, 0.717) is 11.4 Å². The third-order valence-electron chi connectivity index (χ3n) is 2.46. The molecule has 0 amide bonds. The summed E-state index contributed by atoms with van der Waals surface area (Å²) in [5.74, 6) is 0.297. The van der Waals surface area contributed by atoms with E-state index in [4.69, 9.17) is 34.3 Å². The lowest BCUT2D eigenvalue weighted by atomic mass is 10.2. The minimum absolute atomic E-state index is 0. The molecule has 1 aromatic heterocycles. The van der Waals surface area contributed by atoms with Gasteiger partial charge in [0, 0.05) is 5.75 Å². The molecule has 0 saturated heterocycles. The summed E-state index contributed by atoms with van der Waals surface area (Å²) < 4.78 is 38.0. The Morgan fingerprint density at radius 3 is 2.35 bits per heavy atom. The number of thioether (sulfide) groups is 1. The Labute approximate surface area is 153 Å². The molecular weight excluding hydrogens is 442 g/mol. The van der Waals surface area contributed by atoms with E-state index in [2.05, 4.69) is 10.2 Å². The van der Waals surface area contributed by atoms with Crippen LogP contribution in [0.15, 0.2) is 18.3 Å². The molecular formula is C11H9BrCl2F3N5S. The maximum Gasteiger partial charge on any atom is 0.416 e. The van der Waals surface area contributed by atoms with Crippen LogP contribution in [0.25, 0.3) is 5.69 Å². The van der Waals surface area contributed by atoms with Crippen molar-refractivity contribution in [3.8, 4) is 5.69 Å². The van der Waals surface area contributed by atoms with Gasteiger partial charge in [-0.2, -0.15) is 23.4 Å². The fourth-order valence-electron chi connectivity index (χ4n) is 1.54. The van der Waals surface area contributed by atoms with Crippen molar-refractivity contribution < 1.29 is 13.2 Å². The van der Waals surface area contributed by atoms with Gasteiger partial charge in [-0.05, 0) is 12.1 Å². The van der Waals surface area contributed by atoms with E-state index >= 15 is 0 Å². The zero-order chi connectivity index (χ0) is 16.5. The van der Waals surface area contributed by atoms with Gasteiger partial charge in [0.15, 0.2) is 5.17 Å².